The number of hydrogen-bond donors (Lipinski definition) is 0. The number of aldehydes is 1. The molecule has 0 aliphatic rings. The molecule has 0 spiro atoms. The Morgan fingerprint density at radius 3 is 2.65 bits per heavy atom. The number of aromatic nitrogens is 1. The minimum Gasteiger partial charge on any atom is -0.443 e. The number of nitrogens with zero attached hydrogens (tertiary/aromatic N) is 1. The number of thiophene rings is 1. The molecule has 118 valence electrons. The Morgan fingerprint density at radius 1 is 1.26 bits per heavy atom. The van der Waals surface area contributed by atoms with Crippen molar-refractivity contribution in [3.05, 3.63) is 47.5 Å². The van der Waals surface area contributed by atoms with Gasteiger partial charge in [-0.15, -0.1) is 11.3 Å². The first-order chi connectivity index (χ1) is 10.9. The number of fused-ring (bicyclic) bond motifs is 1. The second-order valence-corrected chi connectivity index (χ2v) is 7.18. The lowest BCUT2D eigenvalue weighted by Gasteiger charge is -2.19. The highest BCUT2D eigenvalue weighted by atomic mass is 32.1. The van der Waals surface area contributed by atoms with E-state index in [0.29, 0.717) is 5.56 Å². The van der Waals surface area contributed by atoms with Crippen molar-refractivity contribution >= 4 is 34.6 Å². The largest absolute Gasteiger partial charge is 0.443 e. The van der Waals surface area contributed by atoms with E-state index in [0.717, 1.165) is 27.6 Å². The van der Waals surface area contributed by atoms with Gasteiger partial charge in [0.05, 0.1) is 5.52 Å². The fourth-order valence-corrected chi connectivity index (χ4v) is 3.27. The molecule has 0 radical (unpaired) electrons. The number of carbonyl (C=O) groups is 2. The van der Waals surface area contributed by atoms with Gasteiger partial charge >= 0.3 is 6.09 Å². The molecular formula is C18H17NO3S. The van der Waals surface area contributed by atoms with Gasteiger partial charge in [0.15, 0.2) is 6.29 Å². The number of hydrogen-bond acceptors (Lipinski definition) is 4. The molecule has 0 saturated carbocycles. The molecule has 2 heterocycles. The maximum atomic E-state index is 12.5. The standard InChI is InChI=1S/C18H17NO3S/c1-18(2,3)22-17(21)19-9-14(13-6-4-5-7-15(13)19)16-8-12(10-20)11-23-16/h4-11H,1-3H3. The van der Waals surface area contributed by atoms with E-state index in [-0.39, 0.29) is 0 Å². The number of benzene rings is 1. The molecule has 23 heavy (non-hydrogen) atoms. The van der Waals surface area contributed by atoms with E-state index in [9.17, 15) is 9.59 Å². The molecule has 3 rings (SSSR count). The Kier molecular flexibility index (Phi) is 3.82. The quantitative estimate of drug-likeness (QED) is 0.625. The Bertz CT molecular complexity index is 883. The van der Waals surface area contributed by atoms with Gasteiger partial charge in [-0.2, -0.15) is 0 Å². The van der Waals surface area contributed by atoms with Gasteiger partial charge in [-0.25, -0.2) is 4.79 Å². The Labute approximate surface area is 138 Å². The van der Waals surface area contributed by atoms with Crippen molar-refractivity contribution in [2.24, 2.45) is 0 Å². The van der Waals surface area contributed by atoms with Crippen LogP contribution >= 0.6 is 11.3 Å². The summed E-state index contributed by atoms with van der Waals surface area (Å²) in [6, 6.07) is 9.50. The van der Waals surface area contributed by atoms with Gasteiger partial charge in [0.25, 0.3) is 0 Å². The molecule has 0 atom stereocenters. The molecule has 0 unspecified atom stereocenters. The summed E-state index contributed by atoms with van der Waals surface area (Å²) in [6.07, 6.45) is 2.19. The van der Waals surface area contributed by atoms with E-state index in [1.807, 2.05) is 56.5 Å². The van der Waals surface area contributed by atoms with Gasteiger partial charge in [-0.05, 0) is 32.9 Å². The highest BCUT2D eigenvalue weighted by Gasteiger charge is 2.21. The van der Waals surface area contributed by atoms with Crippen LogP contribution in [0.3, 0.4) is 0 Å². The lowest BCUT2D eigenvalue weighted by atomic mass is 10.1. The van der Waals surface area contributed by atoms with Crippen LogP contribution in [0.2, 0.25) is 0 Å². The Hall–Kier alpha value is -2.40. The van der Waals surface area contributed by atoms with E-state index >= 15 is 0 Å². The SMILES string of the molecule is CC(C)(C)OC(=O)n1cc(-c2cc(C=O)cs2)c2ccccc21. The average molecular weight is 327 g/mol. The number of ether oxygens (including phenoxy) is 1. The van der Waals surface area contributed by atoms with Crippen LogP contribution < -0.4 is 0 Å². The van der Waals surface area contributed by atoms with Crippen molar-refractivity contribution in [1.29, 1.82) is 0 Å². The van der Waals surface area contributed by atoms with Crippen molar-refractivity contribution < 1.29 is 14.3 Å². The smallest absolute Gasteiger partial charge is 0.419 e. The number of para-hydroxylation sites is 1. The van der Waals surface area contributed by atoms with Crippen LogP contribution in [-0.4, -0.2) is 22.5 Å². The third-order valence-electron chi connectivity index (χ3n) is 3.32. The van der Waals surface area contributed by atoms with Gasteiger partial charge in [0.2, 0.25) is 0 Å². The van der Waals surface area contributed by atoms with Crippen LogP contribution in [0.1, 0.15) is 31.1 Å². The first-order valence-corrected chi connectivity index (χ1v) is 8.14. The molecule has 0 N–H and O–H groups in total. The van der Waals surface area contributed by atoms with Crippen molar-refractivity contribution in [2.45, 2.75) is 26.4 Å². The molecule has 3 aromatic rings. The van der Waals surface area contributed by atoms with Crippen LogP contribution in [-0.2, 0) is 4.74 Å². The van der Waals surface area contributed by atoms with Gasteiger partial charge < -0.3 is 4.74 Å². The second-order valence-electron chi connectivity index (χ2n) is 6.27. The van der Waals surface area contributed by atoms with Crippen molar-refractivity contribution in [1.82, 2.24) is 4.57 Å². The van der Waals surface area contributed by atoms with Crippen LogP contribution in [0.15, 0.2) is 41.9 Å². The second kappa shape index (κ2) is 5.66. The first kappa shape index (κ1) is 15.5. The van der Waals surface area contributed by atoms with Crippen molar-refractivity contribution in [2.75, 3.05) is 0 Å². The summed E-state index contributed by atoms with van der Waals surface area (Å²) in [5.41, 5.74) is 1.79. The zero-order valence-electron chi connectivity index (χ0n) is 13.2. The predicted molar refractivity (Wildman–Crippen MR) is 92.3 cm³/mol. The Balaban J connectivity index is 2.13. The van der Waals surface area contributed by atoms with E-state index in [2.05, 4.69) is 0 Å². The number of carbonyl (C=O) groups excluding carboxylic acids is 2. The van der Waals surface area contributed by atoms with E-state index in [1.165, 1.54) is 15.9 Å². The maximum Gasteiger partial charge on any atom is 0.419 e. The number of rotatable bonds is 2. The van der Waals surface area contributed by atoms with E-state index in [1.54, 1.807) is 6.20 Å². The zero-order valence-corrected chi connectivity index (χ0v) is 14.0. The summed E-state index contributed by atoms with van der Waals surface area (Å²) in [4.78, 5) is 24.3. The lowest BCUT2D eigenvalue weighted by Crippen LogP contribution is -2.26. The molecule has 0 aliphatic carbocycles. The van der Waals surface area contributed by atoms with Crippen LogP contribution in [0.5, 0.6) is 0 Å². The molecule has 0 amide bonds. The summed E-state index contributed by atoms with van der Waals surface area (Å²) < 4.78 is 7.00. The summed E-state index contributed by atoms with van der Waals surface area (Å²) in [7, 11) is 0. The molecular weight excluding hydrogens is 310 g/mol. The third kappa shape index (κ3) is 3.05. The summed E-state index contributed by atoms with van der Waals surface area (Å²) in [5.74, 6) is 0. The van der Waals surface area contributed by atoms with Crippen LogP contribution in [0, 0.1) is 0 Å². The molecule has 0 bridgehead atoms. The van der Waals surface area contributed by atoms with E-state index < -0.39 is 11.7 Å². The maximum absolute atomic E-state index is 12.5. The van der Waals surface area contributed by atoms with Gasteiger partial charge in [0.1, 0.15) is 5.60 Å². The van der Waals surface area contributed by atoms with Crippen molar-refractivity contribution in [3.8, 4) is 10.4 Å². The highest BCUT2D eigenvalue weighted by molar-refractivity contribution is 7.14. The third-order valence-corrected chi connectivity index (χ3v) is 4.31. The zero-order chi connectivity index (χ0) is 16.6. The average Bonchev–Trinajstić information content (AvgIpc) is 3.09. The molecule has 2 aromatic heterocycles. The van der Waals surface area contributed by atoms with Gasteiger partial charge in [0, 0.05) is 33.0 Å². The summed E-state index contributed by atoms with van der Waals surface area (Å²) in [6.45, 7) is 5.52. The first-order valence-electron chi connectivity index (χ1n) is 7.26. The van der Waals surface area contributed by atoms with E-state index in [4.69, 9.17) is 4.74 Å². The fraction of sp³-hybridized carbons (Fsp3) is 0.222. The lowest BCUT2D eigenvalue weighted by molar-refractivity contribution is 0.0544. The molecule has 1 aromatic carbocycles. The topological polar surface area (TPSA) is 48.3 Å². The van der Waals surface area contributed by atoms with Crippen LogP contribution in [0.25, 0.3) is 21.3 Å². The van der Waals surface area contributed by atoms with Gasteiger partial charge in [-0.1, -0.05) is 18.2 Å². The molecule has 0 aliphatic heterocycles. The molecule has 5 heteroatoms. The molecule has 0 saturated heterocycles. The van der Waals surface area contributed by atoms with Crippen molar-refractivity contribution in [3.63, 3.8) is 0 Å². The monoisotopic (exact) mass is 327 g/mol. The summed E-state index contributed by atoms with van der Waals surface area (Å²) in [5, 5.41) is 2.76. The minimum absolute atomic E-state index is 0.410. The van der Waals surface area contributed by atoms with Crippen LogP contribution in [0.4, 0.5) is 4.79 Å². The minimum atomic E-state index is -0.559. The Morgan fingerprint density at radius 2 is 2.00 bits per heavy atom. The normalized spacial score (nSPS) is 11.6. The molecule has 4 nitrogen and oxygen atoms in total. The fourth-order valence-electron chi connectivity index (χ4n) is 2.39. The summed E-state index contributed by atoms with van der Waals surface area (Å²) >= 11 is 1.48. The molecule has 0 fully saturated rings. The highest BCUT2D eigenvalue weighted by Crippen LogP contribution is 2.34. The predicted octanol–water partition coefficient (Wildman–Crippen LogP) is 4.97. The van der Waals surface area contributed by atoms with Gasteiger partial charge in [-0.3, -0.25) is 9.36 Å².